The largest absolute Gasteiger partial charge is 0.454 e. The average molecular weight is 1030 g/mol. The van der Waals surface area contributed by atoms with Gasteiger partial charge in [0.25, 0.3) is 0 Å². The molecule has 0 aliphatic carbocycles. The van der Waals surface area contributed by atoms with E-state index in [0.29, 0.717) is 5.92 Å². The molecule has 7 heteroatoms. The molecular formula is C53H43GeIrN3OS-2. The number of hydrogen-bond donors (Lipinski definition) is 0. The van der Waals surface area contributed by atoms with Crippen LogP contribution in [0.1, 0.15) is 19.4 Å². The number of nitrogens with zero attached hydrogens (tertiary/aromatic N) is 3. The molecule has 11 rings (SSSR count). The Balaban J connectivity index is 0.000000188. The van der Waals surface area contributed by atoms with E-state index in [1.807, 2.05) is 36.4 Å². The van der Waals surface area contributed by atoms with Gasteiger partial charge in [-0.15, -0.1) is 18.2 Å². The number of para-hydroxylation sites is 2. The quantitative estimate of drug-likeness (QED) is 0.123. The van der Waals surface area contributed by atoms with Crippen LogP contribution in [0, 0.1) is 18.1 Å². The third kappa shape index (κ3) is 7.30. The second-order valence-electron chi connectivity index (χ2n) is 16.8. The van der Waals surface area contributed by atoms with Crippen LogP contribution in [0.2, 0.25) is 17.3 Å². The Morgan fingerprint density at radius 3 is 2.23 bits per heavy atom. The molecule has 11 aromatic rings. The number of benzene rings is 7. The molecule has 4 nitrogen and oxygen atoms in total. The number of hydrogen-bond acceptors (Lipinski definition) is 4. The maximum atomic E-state index is 6.51. The molecule has 297 valence electrons. The number of aromatic nitrogens is 3. The summed E-state index contributed by atoms with van der Waals surface area (Å²) in [6, 6.07) is 57.5. The first-order chi connectivity index (χ1) is 28.7. The number of thiophene rings is 1. The normalized spacial score (nSPS) is 11.8. The molecule has 60 heavy (non-hydrogen) atoms. The van der Waals surface area contributed by atoms with Gasteiger partial charge in [0.2, 0.25) is 0 Å². The van der Waals surface area contributed by atoms with E-state index < -0.39 is 13.3 Å². The van der Waals surface area contributed by atoms with Gasteiger partial charge in [-0.25, -0.2) is 0 Å². The van der Waals surface area contributed by atoms with Crippen LogP contribution in [-0.4, -0.2) is 27.8 Å². The molecule has 0 unspecified atom stereocenters. The molecule has 0 amide bonds. The van der Waals surface area contributed by atoms with Crippen LogP contribution in [0.3, 0.4) is 0 Å². The van der Waals surface area contributed by atoms with Crippen LogP contribution in [0.15, 0.2) is 156 Å². The summed E-state index contributed by atoms with van der Waals surface area (Å²) in [6.07, 6.45) is 3.27. The molecule has 0 spiro atoms. The van der Waals surface area contributed by atoms with E-state index in [1.54, 1.807) is 15.7 Å². The van der Waals surface area contributed by atoms with Crippen molar-refractivity contribution in [2.75, 3.05) is 0 Å². The van der Waals surface area contributed by atoms with Crippen molar-refractivity contribution in [2.24, 2.45) is 5.92 Å². The molecule has 0 atom stereocenters. The Bertz CT molecular complexity index is 3340. The fraction of sp³-hybridized carbons (Fsp3) is 0.132. The fourth-order valence-electron chi connectivity index (χ4n) is 8.42. The third-order valence-corrected chi connectivity index (χ3v) is 16.7. The summed E-state index contributed by atoms with van der Waals surface area (Å²) < 4.78 is 12.8. The summed E-state index contributed by atoms with van der Waals surface area (Å²) in [5, 5.41) is 7.06. The Kier molecular flexibility index (Phi) is 10.8. The van der Waals surface area contributed by atoms with Crippen molar-refractivity contribution in [3.05, 3.63) is 169 Å². The van der Waals surface area contributed by atoms with Gasteiger partial charge in [-0.05, 0) is 51.2 Å². The fourth-order valence-corrected chi connectivity index (χ4v) is 13.0. The van der Waals surface area contributed by atoms with E-state index in [4.69, 9.17) is 14.4 Å². The zero-order valence-corrected chi connectivity index (χ0v) is 39.5. The molecule has 0 aliphatic rings. The summed E-state index contributed by atoms with van der Waals surface area (Å²) >= 11 is -0.0587. The topological polar surface area (TPSA) is 43.9 Å². The average Bonchev–Trinajstić information content (AvgIpc) is 3.94. The van der Waals surface area contributed by atoms with Gasteiger partial charge in [-0.3, -0.25) is 4.98 Å². The van der Waals surface area contributed by atoms with Crippen molar-refractivity contribution in [1.82, 2.24) is 14.5 Å². The Morgan fingerprint density at radius 1 is 0.717 bits per heavy atom. The standard InChI is InChI=1S/C35H19N2OS.C18H24GeN.Ir/c1-2-10-22-20-30-28(19-21(22)9-1)36-35(27-15-7-14-26-24-12-4-6-18-32(24)39-34(26)27)37(30)29-16-8-13-25-23-11-3-5-17-31(23)38-33(25)29;1-14(2)11-16-12-18(15-9-7-6-8-10-15)20-13-17(16)19(3,4)5;/h1-14,16-20H;6-9,12-14H,11H2,1-5H3;/q2*-1;. The van der Waals surface area contributed by atoms with Gasteiger partial charge in [0, 0.05) is 35.6 Å². The van der Waals surface area contributed by atoms with E-state index in [1.165, 1.54) is 36.5 Å². The first-order valence-corrected chi connectivity index (χ1v) is 28.5. The maximum absolute atomic E-state index is 6.51. The molecule has 0 fully saturated rings. The summed E-state index contributed by atoms with van der Waals surface area (Å²) in [6.45, 7) is 4.57. The Labute approximate surface area is 370 Å². The second kappa shape index (κ2) is 16.2. The van der Waals surface area contributed by atoms with Gasteiger partial charge in [-0.1, -0.05) is 83.7 Å². The number of fused-ring (bicyclic) bond motifs is 8. The number of imidazole rings is 1. The van der Waals surface area contributed by atoms with Crippen molar-refractivity contribution in [3.8, 4) is 28.3 Å². The molecule has 4 heterocycles. The Hall–Kier alpha value is -5.37. The second-order valence-corrected chi connectivity index (χ2v) is 28.4. The Morgan fingerprint density at radius 2 is 1.45 bits per heavy atom. The van der Waals surface area contributed by atoms with E-state index in [-0.39, 0.29) is 20.1 Å². The van der Waals surface area contributed by atoms with Crippen LogP contribution < -0.4 is 4.40 Å². The minimum atomic E-state index is -1.86. The molecular weight excluding hydrogens is 991 g/mol. The first-order valence-electron chi connectivity index (χ1n) is 20.3. The monoisotopic (exact) mass is 1040 g/mol. The van der Waals surface area contributed by atoms with Crippen LogP contribution >= 0.6 is 11.3 Å². The molecule has 0 aliphatic heterocycles. The third-order valence-electron chi connectivity index (χ3n) is 11.1. The predicted octanol–water partition coefficient (Wildman–Crippen LogP) is 14.2. The van der Waals surface area contributed by atoms with Gasteiger partial charge in [-0.2, -0.15) is 11.3 Å². The molecule has 0 saturated heterocycles. The SMILES string of the molecule is CC(C)Cc1cc(-c2[c-]cccc2)nc[c]1[Ge]([CH3])([CH3])[CH3].[Ir].[c-]1ccc2c(sc3ccccc32)c1-c1nc2cc3ccccc3cc2n1-c1cccc2c1oc1ccccc12. The zero-order valence-electron chi connectivity index (χ0n) is 34.2. The van der Waals surface area contributed by atoms with Gasteiger partial charge >= 0.3 is 126 Å². The molecule has 7 aromatic carbocycles. The van der Waals surface area contributed by atoms with Gasteiger partial charge in [0.15, 0.2) is 5.58 Å². The zero-order chi connectivity index (χ0) is 40.3. The van der Waals surface area contributed by atoms with Crippen LogP contribution in [0.25, 0.3) is 92.2 Å². The van der Waals surface area contributed by atoms with Gasteiger partial charge in [0.1, 0.15) is 5.58 Å². The predicted molar refractivity (Wildman–Crippen MR) is 253 cm³/mol. The summed E-state index contributed by atoms with van der Waals surface area (Å²) in [5.41, 5.74) is 9.35. The first kappa shape index (κ1) is 40.1. The van der Waals surface area contributed by atoms with E-state index in [9.17, 15) is 0 Å². The summed E-state index contributed by atoms with van der Waals surface area (Å²) in [5.74, 6) is 8.86. The molecule has 0 saturated carbocycles. The molecule has 4 aromatic heterocycles. The van der Waals surface area contributed by atoms with E-state index in [2.05, 4.69) is 163 Å². The van der Waals surface area contributed by atoms with E-state index >= 15 is 0 Å². The van der Waals surface area contributed by atoms with Crippen LogP contribution in [0.5, 0.6) is 0 Å². The van der Waals surface area contributed by atoms with Crippen LogP contribution in [0.4, 0.5) is 0 Å². The minimum absolute atomic E-state index is 0. The van der Waals surface area contributed by atoms with Crippen LogP contribution in [-0.2, 0) is 26.5 Å². The molecule has 1 radical (unpaired) electrons. The molecule has 0 N–H and O–H groups in total. The van der Waals surface area contributed by atoms with Gasteiger partial charge < -0.3 is 8.98 Å². The maximum Gasteiger partial charge on any atom is 0.158 e. The number of rotatable bonds is 6. The van der Waals surface area contributed by atoms with Crippen molar-refractivity contribution < 1.29 is 24.5 Å². The van der Waals surface area contributed by atoms with Crippen molar-refractivity contribution in [3.63, 3.8) is 0 Å². The number of furan rings is 1. The van der Waals surface area contributed by atoms with Crippen molar-refractivity contribution in [1.29, 1.82) is 0 Å². The summed E-state index contributed by atoms with van der Waals surface area (Å²) in [7, 11) is 0. The minimum Gasteiger partial charge on any atom is -0.454 e. The smallest absolute Gasteiger partial charge is 0.158 e. The summed E-state index contributed by atoms with van der Waals surface area (Å²) in [4.78, 5) is 9.99. The molecule has 0 bridgehead atoms. The van der Waals surface area contributed by atoms with E-state index in [0.717, 1.165) is 67.7 Å². The van der Waals surface area contributed by atoms with Crippen molar-refractivity contribution in [2.45, 2.75) is 37.5 Å². The van der Waals surface area contributed by atoms with Crippen molar-refractivity contribution >= 4 is 92.9 Å². The van der Waals surface area contributed by atoms with Gasteiger partial charge in [0.05, 0.1) is 22.5 Å². The number of pyridine rings is 1.